The molecule has 0 aromatic heterocycles. The van der Waals surface area contributed by atoms with Crippen LogP contribution in [0.2, 0.25) is 0 Å². The van der Waals surface area contributed by atoms with E-state index in [-0.39, 0.29) is 0 Å². The maximum Gasteiger partial charge on any atom is 0.145 e. The number of rotatable bonds is 20. The highest BCUT2D eigenvalue weighted by Gasteiger charge is 2.17. The van der Waals surface area contributed by atoms with Crippen molar-refractivity contribution in [1.29, 1.82) is 0 Å². The third kappa shape index (κ3) is 10.5. The van der Waals surface area contributed by atoms with Gasteiger partial charge >= 0.3 is 0 Å². The molecule has 0 atom stereocenters. The molecule has 0 spiro atoms. The number of hydrogen-bond donors (Lipinski definition) is 0. The van der Waals surface area contributed by atoms with E-state index in [0.717, 1.165) is 101 Å². The summed E-state index contributed by atoms with van der Waals surface area (Å²) in [5, 5.41) is 0. The molecule has 0 saturated carbocycles. The van der Waals surface area contributed by atoms with Crippen LogP contribution in [0, 0.1) is 0 Å². The zero-order valence-corrected chi connectivity index (χ0v) is 40.2. The van der Waals surface area contributed by atoms with E-state index < -0.39 is 0 Å². The lowest BCUT2D eigenvalue weighted by atomic mass is 9.99. The molecular formula is C66H54N4O2. The molecule has 9 aromatic carbocycles. The third-order valence-electron chi connectivity index (χ3n) is 12.6. The molecule has 0 aliphatic heterocycles. The Morgan fingerprint density at radius 2 is 0.625 bits per heavy atom. The van der Waals surface area contributed by atoms with Crippen molar-refractivity contribution in [1.82, 2.24) is 0 Å². The lowest BCUT2D eigenvalue weighted by Gasteiger charge is -2.27. The van der Waals surface area contributed by atoms with Crippen LogP contribution in [0.4, 0.5) is 45.5 Å². The molecule has 72 heavy (non-hydrogen) atoms. The first-order chi connectivity index (χ1) is 35.4. The molecular weight excluding hydrogens is 881 g/mol. The average Bonchev–Trinajstić information content (AvgIpc) is 3.45. The van der Waals surface area contributed by atoms with Crippen LogP contribution in [0.5, 0.6) is 11.5 Å². The smallest absolute Gasteiger partial charge is 0.145 e. The number of aliphatic imine (C=N–C) groups is 2. The van der Waals surface area contributed by atoms with Crippen molar-refractivity contribution in [3.05, 3.63) is 266 Å². The van der Waals surface area contributed by atoms with Gasteiger partial charge < -0.3 is 19.3 Å². The van der Waals surface area contributed by atoms with Gasteiger partial charge in [-0.25, -0.2) is 0 Å². The first kappa shape index (κ1) is 47.5. The van der Waals surface area contributed by atoms with Crippen molar-refractivity contribution >= 4 is 83.2 Å². The highest BCUT2D eigenvalue weighted by molar-refractivity contribution is 5.83. The fourth-order valence-corrected chi connectivity index (χ4v) is 8.71. The maximum atomic E-state index is 6.13. The molecule has 6 heteroatoms. The van der Waals surface area contributed by atoms with Gasteiger partial charge in [0.25, 0.3) is 0 Å². The largest absolute Gasteiger partial charge is 0.487 e. The van der Waals surface area contributed by atoms with E-state index in [2.05, 4.69) is 217 Å². The van der Waals surface area contributed by atoms with Crippen molar-refractivity contribution < 1.29 is 9.47 Å². The van der Waals surface area contributed by atoms with Crippen molar-refractivity contribution in [3.63, 3.8) is 0 Å². The van der Waals surface area contributed by atoms with E-state index in [4.69, 9.17) is 9.47 Å². The molecule has 0 bridgehead atoms. The molecule has 0 N–H and O–H groups in total. The minimum atomic E-state index is 0.403. The molecule has 0 unspecified atom stereocenters. The Hall–Kier alpha value is -9.52. The fourth-order valence-electron chi connectivity index (χ4n) is 8.71. The van der Waals surface area contributed by atoms with E-state index in [0.29, 0.717) is 24.7 Å². The Morgan fingerprint density at radius 3 is 0.944 bits per heavy atom. The number of nitrogens with zero attached hydrogens (tertiary/aromatic N) is 4. The second-order valence-electron chi connectivity index (χ2n) is 16.9. The minimum absolute atomic E-state index is 0.403. The summed E-state index contributed by atoms with van der Waals surface area (Å²) in [6.45, 7) is 24.4. The van der Waals surface area contributed by atoms with Gasteiger partial charge in [0.15, 0.2) is 0 Å². The standard InChI is InChI=1S/C66H54N4O2/c1-7-49-27-41-61(43-51(49)9-3)69(57-33-19-47(20-34-57)45-71-65-17-13-11-15-63(65)67-5)59-37-29-55(30-38-59)53-23-25-54(26-24-53)56-31-39-60(40-32-56)70(62-42-28-50(8-2)52(10-4)44-62)58-35-21-48(22-36-58)46-72-66-18-14-12-16-64(66)68-6/h7-44H,1-6,45-46H2. The Morgan fingerprint density at radius 1 is 0.333 bits per heavy atom. The van der Waals surface area contributed by atoms with Crippen LogP contribution in [0.3, 0.4) is 0 Å². The zero-order valence-electron chi connectivity index (χ0n) is 40.2. The Balaban J connectivity index is 0.947. The van der Waals surface area contributed by atoms with E-state index in [1.165, 1.54) is 0 Å². The molecule has 0 saturated heterocycles. The number of hydrogen-bond acceptors (Lipinski definition) is 6. The summed E-state index contributed by atoms with van der Waals surface area (Å²) in [6.07, 6.45) is 7.46. The fraction of sp³-hybridized carbons (Fsp3) is 0.0303. The summed E-state index contributed by atoms with van der Waals surface area (Å²) in [4.78, 5) is 12.7. The van der Waals surface area contributed by atoms with Gasteiger partial charge in [-0.1, -0.05) is 160 Å². The summed E-state index contributed by atoms with van der Waals surface area (Å²) < 4.78 is 12.3. The van der Waals surface area contributed by atoms with Gasteiger partial charge in [-0.05, 0) is 166 Å². The van der Waals surface area contributed by atoms with Gasteiger partial charge in [0.2, 0.25) is 0 Å². The molecule has 0 heterocycles. The first-order valence-electron chi connectivity index (χ1n) is 23.6. The second kappa shape index (κ2) is 22.3. The van der Waals surface area contributed by atoms with Crippen LogP contribution in [0.1, 0.15) is 33.4 Å². The molecule has 9 aromatic rings. The SMILES string of the molecule is C=Cc1ccc(N(c2ccc(COc3ccccc3N=C)cc2)c2ccc(-c3ccc(-c4ccc(N(c5ccc(COc6ccccc6N=C)cc5)c5ccc(C=C)c(C=C)c5)cc4)cc3)cc2)cc1C=C. The van der Waals surface area contributed by atoms with E-state index in [1.807, 2.05) is 72.8 Å². The van der Waals surface area contributed by atoms with Gasteiger partial charge in [-0.3, -0.25) is 9.98 Å². The quantitative estimate of drug-likeness (QED) is 0.0715. The van der Waals surface area contributed by atoms with Crippen LogP contribution < -0.4 is 19.3 Å². The summed E-state index contributed by atoms with van der Waals surface area (Å²) in [6, 6.07) is 71.0. The highest BCUT2D eigenvalue weighted by Crippen LogP contribution is 2.40. The Bertz CT molecular complexity index is 3160. The molecule has 9 rings (SSSR count). The summed E-state index contributed by atoms with van der Waals surface area (Å²) >= 11 is 0. The van der Waals surface area contributed by atoms with Crippen LogP contribution in [0.15, 0.2) is 243 Å². The number of para-hydroxylation sites is 4. The Labute approximate surface area is 423 Å². The predicted molar refractivity (Wildman–Crippen MR) is 307 cm³/mol. The average molecular weight is 935 g/mol. The first-order valence-corrected chi connectivity index (χ1v) is 23.6. The van der Waals surface area contributed by atoms with E-state index in [1.54, 1.807) is 0 Å². The van der Waals surface area contributed by atoms with Gasteiger partial charge in [-0.2, -0.15) is 0 Å². The molecule has 0 aliphatic rings. The highest BCUT2D eigenvalue weighted by atomic mass is 16.5. The van der Waals surface area contributed by atoms with Crippen molar-refractivity contribution in [2.45, 2.75) is 13.2 Å². The van der Waals surface area contributed by atoms with Gasteiger partial charge in [0, 0.05) is 34.1 Å². The molecule has 0 radical (unpaired) electrons. The van der Waals surface area contributed by atoms with Crippen molar-refractivity contribution in [3.8, 4) is 33.8 Å². The zero-order chi connectivity index (χ0) is 49.8. The predicted octanol–water partition coefficient (Wildman–Crippen LogP) is 18.4. The van der Waals surface area contributed by atoms with Gasteiger partial charge in [0.1, 0.15) is 36.1 Å². The normalized spacial score (nSPS) is 10.7. The van der Waals surface area contributed by atoms with Crippen LogP contribution in [-0.4, -0.2) is 13.4 Å². The summed E-state index contributed by atoms with van der Waals surface area (Å²) in [5.74, 6) is 1.40. The number of ether oxygens (including phenoxy) is 2. The lowest BCUT2D eigenvalue weighted by Crippen LogP contribution is -2.10. The topological polar surface area (TPSA) is 49.7 Å². The lowest BCUT2D eigenvalue weighted by molar-refractivity contribution is 0.307. The van der Waals surface area contributed by atoms with Crippen LogP contribution >= 0.6 is 0 Å². The monoisotopic (exact) mass is 934 g/mol. The van der Waals surface area contributed by atoms with Gasteiger partial charge in [-0.15, -0.1) is 0 Å². The summed E-state index contributed by atoms with van der Waals surface area (Å²) in [7, 11) is 0. The Kier molecular flexibility index (Phi) is 14.7. The van der Waals surface area contributed by atoms with Crippen molar-refractivity contribution in [2.75, 3.05) is 9.80 Å². The third-order valence-corrected chi connectivity index (χ3v) is 12.6. The van der Waals surface area contributed by atoms with E-state index >= 15 is 0 Å². The molecule has 0 fully saturated rings. The van der Waals surface area contributed by atoms with Crippen molar-refractivity contribution in [2.24, 2.45) is 9.98 Å². The van der Waals surface area contributed by atoms with Gasteiger partial charge in [0.05, 0.1) is 0 Å². The second-order valence-corrected chi connectivity index (χ2v) is 16.9. The number of benzene rings is 9. The van der Waals surface area contributed by atoms with Crippen LogP contribution in [-0.2, 0) is 13.2 Å². The number of anilines is 6. The minimum Gasteiger partial charge on any atom is -0.487 e. The maximum absolute atomic E-state index is 6.13. The molecule has 6 nitrogen and oxygen atoms in total. The molecule has 0 amide bonds. The van der Waals surface area contributed by atoms with E-state index in [9.17, 15) is 0 Å². The molecule has 0 aliphatic carbocycles. The molecule has 350 valence electrons. The van der Waals surface area contributed by atoms with Crippen LogP contribution in [0.25, 0.3) is 46.6 Å². The summed E-state index contributed by atoms with van der Waals surface area (Å²) in [5.41, 5.74) is 18.1.